The van der Waals surface area contributed by atoms with Crippen molar-refractivity contribution in [1.29, 1.82) is 0 Å². The number of nitrogens with zero attached hydrogens (tertiary/aromatic N) is 1. The predicted molar refractivity (Wildman–Crippen MR) is 105 cm³/mol. The molecule has 0 saturated heterocycles. The number of nitrogens with two attached hydrogens (primary N) is 1. The highest BCUT2D eigenvalue weighted by Crippen LogP contribution is 2.39. The highest BCUT2D eigenvalue weighted by molar-refractivity contribution is 7.94. The molecule has 0 aliphatic carbocycles. The number of methoxy groups -OCH3 is 1. The largest absolute Gasteiger partial charge is 0.382 e. The lowest BCUT2D eigenvalue weighted by atomic mass is 10.1. The molecular formula is C14H26ClN3O6S3. The Hall–Kier alpha value is -0.310. The number of fused-ring (bicyclic) bond motifs is 1. The zero-order valence-corrected chi connectivity index (χ0v) is 18.5. The first-order chi connectivity index (χ1) is 12.2. The molecule has 13 heteroatoms. The maximum atomic E-state index is 12.9. The predicted octanol–water partition coefficient (Wildman–Crippen LogP) is 0.525. The van der Waals surface area contributed by atoms with Crippen molar-refractivity contribution in [3.05, 3.63) is 11.6 Å². The molecule has 0 spiro atoms. The Bertz CT molecular complexity index is 812. The number of rotatable bonds is 10. The first-order valence-corrected chi connectivity index (χ1v) is 12.0. The smallest absolute Gasteiger partial charge is 0.253 e. The van der Waals surface area contributed by atoms with Gasteiger partial charge in [-0.3, -0.25) is 0 Å². The van der Waals surface area contributed by atoms with E-state index in [0.717, 1.165) is 6.42 Å². The molecule has 2 rings (SSSR count). The van der Waals surface area contributed by atoms with Crippen LogP contribution in [0.4, 0.5) is 0 Å². The molecule has 1 aliphatic heterocycles. The van der Waals surface area contributed by atoms with E-state index in [0.29, 0.717) is 36.7 Å². The Morgan fingerprint density at radius 2 is 2.07 bits per heavy atom. The van der Waals surface area contributed by atoms with E-state index in [2.05, 4.69) is 5.32 Å². The summed E-state index contributed by atoms with van der Waals surface area (Å²) >= 11 is 0.694. The van der Waals surface area contributed by atoms with E-state index < -0.39 is 20.0 Å². The summed E-state index contributed by atoms with van der Waals surface area (Å²) in [5.74, 6) is 0. The Balaban J connectivity index is 0.00000364. The lowest BCUT2D eigenvalue weighted by Gasteiger charge is -2.32. The summed E-state index contributed by atoms with van der Waals surface area (Å²) in [5, 5.41) is 8.46. The van der Waals surface area contributed by atoms with Gasteiger partial charge < -0.3 is 14.8 Å². The van der Waals surface area contributed by atoms with Crippen molar-refractivity contribution in [2.45, 2.75) is 27.8 Å². The lowest BCUT2D eigenvalue weighted by Crippen LogP contribution is -2.44. The number of sulfonamides is 2. The van der Waals surface area contributed by atoms with Crippen LogP contribution in [0.2, 0.25) is 0 Å². The van der Waals surface area contributed by atoms with Crippen molar-refractivity contribution in [1.82, 2.24) is 9.62 Å². The second-order valence-corrected chi connectivity index (χ2v) is 10.8. The maximum absolute atomic E-state index is 12.9. The molecule has 0 saturated carbocycles. The number of primary sulfonamides is 1. The van der Waals surface area contributed by atoms with Crippen LogP contribution in [0.3, 0.4) is 0 Å². The molecule has 1 aliphatic rings. The third-order valence-corrected chi connectivity index (χ3v) is 8.84. The number of hydrogen-bond acceptors (Lipinski definition) is 8. The van der Waals surface area contributed by atoms with Gasteiger partial charge in [0.25, 0.3) is 10.0 Å². The van der Waals surface area contributed by atoms with Gasteiger partial charge in [0.15, 0.2) is 0 Å². The Morgan fingerprint density at radius 3 is 2.67 bits per heavy atom. The second-order valence-electron chi connectivity index (χ2n) is 5.83. The van der Waals surface area contributed by atoms with Crippen LogP contribution >= 0.6 is 23.7 Å². The number of ether oxygens (including phenoxy) is 2. The number of thiophene rings is 1. The van der Waals surface area contributed by atoms with E-state index >= 15 is 0 Å². The van der Waals surface area contributed by atoms with Gasteiger partial charge >= 0.3 is 0 Å². The van der Waals surface area contributed by atoms with Crippen LogP contribution in [-0.4, -0.2) is 67.7 Å². The van der Waals surface area contributed by atoms with Gasteiger partial charge in [0.1, 0.15) is 8.42 Å². The fourth-order valence-electron chi connectivity index (χ4n) is 2.58. The van der Waals surface area contributed by atoms with Gasteiger partial charge in [-0.2, -0.15) is 4.31 Å². The van der Waals surface area contributed by atoms with Crippen LogP contribution in [0.1, 0.15) is 24.9 Å². The molecule has 1 aromatic rings. The summed E-state index contributed by atoms with van der Waals surface area (Å²) in [7, 11) is -6.20. The first kappa shape index (κ1) is 24.7. The quantitative estimate of drug-likeness (QED) is 0.484. The Morgan fingerprint density at radius 1 is 1.37 bits per heavy atom. The van der Waals surface area contributed by atoms with Crippen molar-refractivity contribution in [2.24, 2.45) is 5.14 Å². The molecule has 3 N–H and O–H groups in total. The van der Waals surface area contributed by atoms with Gasteiger partial charge in [-0.05, 0) is 19.0 Å². The van der Waals surface area contributed by atoms with Gasteiger partial charge in [0.05, 0.1) is 19.8 Å². The maximum Gasteiger partial charge on any atom is 0.253 e. The summed E-state index contributed by atoms with van der Waals surface area (Å²) < 4.78 is 60.5. The molecule has 1 atom stereocenters. The summed E-state index contributed by atoms with van der Waals surface area (Å²) in [6.07, 6.45) is 0.866. The standard InChI is InChI=1S/C14H25N3O6S3.ClH/c1-3-4-16-12-10-17(5-6-23-8-7-22-2)26(20,21)14-11(12)9-13(24-14)25(15,18)19;/h9,12,16H,3-8,10H2,1-2H3,(H2,15,18,19);1H/t12-;/m0./s1. The summed E-state index contributed by atoms with van der Waals surface area (Å²) in [4.78, 5) is 0. The van der Waals surface area contributed by atoms with E-state index in [1.807, 2.05) is 6.92 Å². The topological polar surface area (TPSA) is 128 Å². The monoisotopic (exact) mass is 463 g/mol. The molecule has 0 aromatic carbocycles. The molecule has 0 fully saturated rings. The van der Waals surface area contributed by atoms with Crippen molar-refractivity contribution in [2.75, 3.05) is 46.6 Å². The van der Waals surface area contributed by atoms with Gasteiger partial charge in [-0.1, -0.05) is 6.92 Å². The average molecular weight is 464 g/mol. The fraction of sp³-hybridized carbons (Fsp3) is 0.714. The van der Waals surface area contributed by atoms with Crippen molar-refractivity contribution in [3.8, 4) is 0 Å². The van der Waals surface area contributed by atoms with Crippen LogP contribution in [0.5, 0.6) is 0 Å². The van der Waals surface area contributed by atoms with Crippen LogP contribution in [0, 0.1) is 0 Å². The van der Waals surface area contributed by atoms with Crippen LogP contribution in [-0.2, 0) is 29.5 Å². The highest BCUT2D eigenvalue weighted by Gasteiger charge is 2.39. The van der Waals surface area contributed by atoms with Crippen molar-refractivity contribution in [3.63, 3.8) is 0 Å². The van der Waals surface area contributed by atoms with E-state index in [1.54, 1.807) is 7.11 Å². The van der Waals surface area contributed by atoms with E-state index in [-0.39, 0.29) is 46.6 Å². The fourth-order valence-corrected chi connectivity index (χ4v) is 6.84. The molecule has 9 nitrogen and oxygen atoms in total. The molecule has 1 aromatic heterocycles. The Labute approximate surface area is 170 Å². The SMILES string of the molecule is CCCN[C@H]1CN(CCOCCOC)S(=O)(=O)c2sc(S(N)(=O)=O)cc21.Cl. The van der Waals surface area contributed by atoms with Gasteiger partial charge in [-0.25, -0.2) is 22.0 Å². The van der Waals surface area contributed by atoms with E-state index in [1.165, 1.54) is 10.4 Å². The third-order valence-electron chi connectivity index (χ3n) is 3.88. The second kappa shape index (κ2) is 10.5. The average Bonchev–Trinajstić information content (AvgIpc) is 3.02. The van der Waals surface area contributed by atoms with Gasteiger partial charge in [0, 0.05) is 31.8 Å². The minimum absolute atomic E-state index is 0. The van der Waals surface area contributed by atoms with Crippen molar-refractivity contribution < 1.29 is 26.3 Å². The first-order valence-electron chi connectivity index (χ1n) is 8.18. The number of halogens is 1. The summed E-state index contributed by atoms with van der Waals surface area (Å²) in [5.41, 5.74) is 0.462. The highest BCUT2D eigenvalue weighted by atomic mass is 35.5. The van der Waals surface area contributed by atoms with Gasteiger partial charge in [-0.15, -0.1) is 23.7 Å². The van der Waals surface area contributed by atoms with Crippen LogP contribution in [0.15, 0.2) is 14.5 Å². The van der Waals surface area contributed by atoms with Crippen LogP contribution < -0.4 is 10.5 Å². The van der Waals surface area contributed by atoms with Crippen molar-refractivity contribution >= 4 is 43.8 Å². The summed E-state index contributed by atoms with van der Waals surface area (Å²) in [6, 6.07) is 1.08. The number of nitrogens with one attached hydrogen (secondary N) is 1. The number of hydrogen-bond donors (Lipinski definition) is 2. The zero-order valence-electron chi connectivity index (χ0n) is 15.2. The minimum Gasteiger partial charge on any atom is -0.382 e. The molecular weight excluding hydrogens is 438 g/mol. The van der Waals surface area contributed by atoms with Crippen LogP contribution in [0.25, 0.3) is 0 Å². The Kier molecular flexibility index (Phi) is 9.58. The molecule has 0 amide bonds. The normalized spacial score (nSPS) is 19.4. The lowest BCUT2D eigenvalue weighted by molar-refractivity contribution is 0.0648. The third kappa shape index (κ3) is 6.08. The molecule has 0 radical (unpaired) electrons. The molecule has 158 valence electrons. The molecule has 0 unspecified atom stereocenters. The summed E-state index contributed by atoms with van der Waals surface area (Å²) in [6.45, 7) is 4.11. The van der Waals surface area contributed by atoms with Gasteiger partial charge in [0.2, 0.25) is 10.0 Å². The minimum atomic E-state index is -3.97. The van der Waals surface area contributed by atoms with E-state index in [9.17, 15) is 16.8 Å². The molecule has 0 bridgehead atoms. The molecule has 2 heterocycles. The zero-order chi connectivity index (χ0) is 19.4. The molecule has 27 heavy (non-hydrogen) atoms. The van der Waals surface area contributed by atoms with E-state index in [4.69, 9.17) is 14.6 Å².